The van der Waals surface area contributed by atoms with Crippen molar-refractivity contribution in [3.8, 4) is 0 Å². The second-order valence-electron chi connectivity index (χ2n) is 5.10. The van der Waals surface area contributed by atoms with E-state index in [0.29, 0.717) is 0 Å². The van der Waals surface area contributed by atoms with Crippen molar-refractivity contribution < 1.29 is 0 Å². The summed E-state index contributed by atoms with van der Waals surface area (Å²) in [5, 5.41) is 0. The molecule has 0 unspecified atom stereocenters. The Hall–Kier alpha value is -1.56. The molecule has 2 aromatic rings. The van der Waals surface area contributed by atoms with Crippen LogP contribution in [0.25, 0.3) is 0 Å². The smallest absolute Gasteiger partial charge is 0.0395 e. The zero-order valence-electron chi connectivity index (χ0n) is 12.5. The largest absolute Gasteiger partial charge is 0.0620 e. The lowest BCUT2D eigenvalue weighted by Gasteiger charge is -2.04. The monoisotopic (exact) mass is 240 g/mol. The van der Waals surface area contributed by atoms with Gasteiger partial charge in [0.15, 0.2) is 0 Å². The molecule has 0 amide bonds. The van der Waals surface area contributed by atoms with E-state index < -0.39 is 0 Å². The fourth-order valence-electron chi connectivity index (χ4n) is 1.77. The van der Waals surface area contributed by atoms with Crippen LogP contribution in [0.1, 0.15) is 33.4 Å². The van der Waals surface area contributed by atoms with E-state index in [-0.39, 0.29) is 0 Å². The zero-order valence-corrected chi connectivity index (χ0v) is 12.5. The number of hydrogen-bond acceptors (Lipinski definition) is 0. The van der Waals surface area contributed by atoms with Crippen LogP contribution in [0.15, 0.2) is 36.4 Å². The topological polar surface area (TPSA) is 0 Å². The van der Waals surface area contributed by atoms with Gasteiger partial charge in [-0.3, -0.25) is 0 Å². The molecule has 0 bridgehead atoms. The van der Waals surface area contributed by atoms with E-state index in [9.17, 15) is 0 Å². The number of hydrogen-bond donors (Lipinski definition) is 0. The third-order valence-corrected chi connectivity index (χ3v) is 3.54. The highest BCUT2D eigenvalue weighted by atomic mass is 14.0. The van der Waals surface area contributed by atoms with Gasteiger partial charge in [-0.15, -0.1) is 0 Å². The Morgan fingerprint density at radius 3 is 0.944 bits per heavy atom. The fraction of sp³-hybridized carbons (Fsp3) is 0.333. The molecule has 2 aromatic carbocycles. The van der Waals surface area contributed by atoms with Gasteiger partial charge in [-0.25, -0.2) is 0 Å². The summed E-state index contributed by atoms with van der Waals surface area (Å²) in [4.78, 5) is 0. The average molecular weight is 240 g/mol. The Bertz CT molecular complexity index is 450. The van der Waals surface area contributed by atoms with Gasteiger partial charge in [-0.05, 0) is 74.9 Å². The maximum Gasteiger partial charge on any atom is -0.0395 e. The van der Waals surface area contributed by atoms with E-state index in [4.69, 9.17) is 0 Å². The van der Waals surface area contributed by atoms with E-state index in [0.717, 1.165) is 0 Å². The van der Waals surface area contributed by atoms with Crippen LogP contribution in [0.5, 0.6) is 0 Å². The first-order valence-electron chi connectivity index (χ1n) is 6.48. The van der Waals surface area contributed by atoms with Gasteiger partial charge in [0.05, 0.1) is 0 Å². The van der Waals surface area contributed by atoms with Gasteiger partial charge >= 0.3 is 0 Å². The molecule has 18 heavy (non-hydrogen) atoms. The highest BCUT2D eigenvalue weighted by Gasteiger charge is 1.95. The van der Waals surface area contributed by atoms with E-state index in [2.05, 4.69) is 77.9 Å². The van der Waals surface area contributed by atoms with Gasteiger partial charge < -0.3 is 0 Å². The SMILES string of the molecule is Cc1cc(C)c(C)cc1C.Cc1ccccc1C. The number of rotatable bonds is 0. The van der Waals surface area contributed by atoms with Crippen molar-refractivity contribution in [2.75, 3.05) is 0 Å². The van der Waals surface area contributed by atoms with Gasteiger partial charge in [0.25, 0.3) is 0 Å². The average Bonchev–Trinajstić information content (AvgIpc) is 2.31. The molecule has 0 N–H and O–H groups in total. The lowest BCUT2D eigenvalue weighted by molar-refractivity contribution is 1.24. The second kappa shape index (κ2) is 6.39. The molecule has 0 saturated carbocycles. The molecule has 0 aliphatic carbocycles. The summed E-state index contributed by atoms with van der Waals surface area (Å²) in [5.41, 5.74) is 8.30. The molecule has 0 aromatic heterocycles. The minimum absolute atomic E-state index is 1.37. The fourth-order valence-corrected chi connectivity index (χ4v) is 1.77. The normalized spacial score (nSPS) is 9.67. The van der Waals surface area contributed by atoms with Crippen molar-refractivity contribution in [3.05, 3.63) is 69.8 Å². The molecule has 0 saturated heterocycles. The lowest BCUT2D eigenvalue weighted by atomic mass is 10.0. The van der Waals surface area contributed by atoms with Gasteiger partial charge in [0.1, 0.15) is 0 Å². The summed E-state index contributed by atoms with van der Waals surface area (Å²) in [7, 11) is 0. The van der Waals surface area contributed by atoms with Crippen LogP contribution in [-0.2, 0) is 0 Å². The van der Waals surface area contributed by atoms with E-state index >= 15 is 0 Å². The summed E-state index contributed by atoms with van der Waals surface area (Å²) in [6.07, 6.45) is 0. The van der Waals surface area contributed by atoms with Crippen molar-refractivity contribution >= 4 is 0 Å². The summed E-state index contributed by atoms with van der Waals surface area (Å²) in [5.74, 6) is 0. The van der Waals surface area contributed by atoms with Crippen LogP contribution in [0.2, 0.25) is 0 Å². The quantitative estimate of drug-likeness (QED) is 0.592. The van der Waals surface area contributed by atoms with Crippen molar-refractivity contribution in [1.29, 1.82) is 0 Å². The lowest BCUT2D eigenvalue weighted by Crippen LogP contribution is -1.86. The molecular weight excluding hydrogens is 216 g/mol. The van der Waals surface area contributed by atoms with Crippen molar-refractivity contribution in [1.82, 2.24) is 0 Å². The molecule has 0 nitrogen and oxygen atoms in total. The van der Waals surface area contributed by atoms with Gasteiger partial charge in [-0.1, -0.05) is 36.4 Å². The highest BCUT2D eigenvalue weighted by Crippen LogP contribution is 2.13. The summed E-state index contributed by atoms with van der Waals surface area (Å²) >= 11 is 0. The van der Waals surface area contributed by atoms with Crippen LogP contribution in [0.4, 0.5) is 0 Å². The molecule has 2 rings (SSSR count). The molecule has 0 atom stereocenters. The van der Waals surface area contributed by atoms with E-state index in [1.165, 1.54) is 33.4 Å². The second-order valence-corrected chi connectivity index (χ2v) is 5.10. The van der Waals surface area contributed by atoms with Crippen molar-refractivity contribution in [3.63, 3.8) is 0 Å². The Balaban J connectivity index is 0.000000184. The molecule has 0 aliphatic rings. The zero-order chi connectivity index (χ0) is 13.7. The first-order chi connectivity index (χ1) is 8.41. The number of benzene rings is 2. The predicted octanol–water partition coefficient (Wildman–Crippen LogP) is 5.22. The molecule has 0 radical (unpaired) electrons. The maximum atomic E-state index is 2.24. The predicted molar refractivity (Wildman–Crippen MR) is 81.3 cm³/mol. The molecule has 0 heteroatoms. The van der Waals surface area contributed by atoms with E-state index in [1.54, 1.807) is 0 Å². The standard InChI is InChI=1S/C10H14.C8H10/c1-7-5-9(3)10(4)6-8(7)2;1-7-5-3-4-6-8(7)2/h5-6H,1-4H3;3-6H,1-2H3. The molecule has 0 aliphatic heterocycles. The van der Waals surface area contributed by atoms with Gasteiger partial charge in [0, 0.05) is 0 Å². The van der Waals surface area contributed by atoms with Crippen LogP contribution < -0.4 is 0 Å². The first-order valence-corrected chi connectivity index (χ1v) is 6.48. The summed E-state index contributed by atoms with van der Waals surface area (Å²) in [6.45, 7) is 12.9. The van der Waals surface area contributed by atoms with Crippen LogP contribution in [0.3, 0.4) is 0 Å². The Morgan fingerprint density at radius 2 is 0.722 bits per heavy atom. The molecular formula is C18H24. The Kier molecular flexibility index (Phi) is 5.15. The van der Waals surface area contributed by atoms with Crippen molar-refractivity contribution in [2.45, 2.75) is 41.5 Å². The van der Waals surface area contributed by atoms with Gasteiger partial charge in [-0.2, -0.15) is 0 Å². The van der Waals surface area contributed by atoms with Crippen LogP contribution in [0, 0.1) is 41.5 Å². The summed E-state index contributed by atoms with van der Waals surface area (Å²) in [6, 6.07) is 12.8. The van der Waals surface area contributed by atoms with Gasteiger partial charge in [0.2, 0.25) is 0 Å². The minimum Gasteiger partial charge on any atom is -0.0620 e. The first kappa shape index (κ1) is 14.5. The molecule has 96 valence electrons. The third-order valence-electron chi connectivity index (χ3n) is 3.54. The molecule has 0 spiro atoms. The number of aryl methyl sites for hydroxylation is 6. The Labute approximate surface area is 112 Å². The molecule has 0 heterocycles. The maximum absolute atomic E-state index is 2.24. The third kappa shape index (κ3) is 4.03. The molecule has 0 fully saturated rings. The minimum atomic E-state index is 1.37. The van der Waals surface area contributed by atoms with Crippen LogP contribution >= 0.6 is 0 Å². The van der Waals surface area contributed by atoms with Crippen LogP contribution in [-0.4, -0.2) is 0 Å². The summed E-state index contributed by atoms with van der Waals surface area (Å²) < 4.78 is 0. The van der Waals surface area contributed by atoms with Crippen molar-refractivity contribution in [2.24, 2.45) is 0 Å². The Morgan fingerprint density at radius 1 is 0.444 bits per heavy atom. The highest BCUT2D eigenvalue weighted by molar-refractivity contribution is 5.35. The van der Waals surface area contributed by atoms with E-state index in [1.807, 2.05) is 0 Å².